The lowest BCUT2D eigenvalue weighted by Gasteiger charge is -2.23. The second kappa shape index (κ2) is 7.30. The average Bonchev–Trinajstić information content (AvgIpc) is 2.34. The normalized spacial score (nSPS) is 21.1. The van der Waals surface area contributed by atoms with Crippen molar-refractivity contribution in [2.45, 2.75) is 44.6 Å². The first kappa shape index (κ1) is 14.9. The molecule has 0 bridgehead atoms. The van der Waals surface area contributed by atoms with Crippen molar-refractivity contribution in [1.29, 1.82) is 0 Å². The maximum atomic E-state index is 6.29. The van der Waals surface area contributed by atoms with E-state index in [4.69, 9.17) is 29.0 Å². The van der Waals surface area contributed by atoms with Crippen LogP contribution in [0.15, 0.2) is 29.8 Å². The molecule has 1 aliphatic carbocycles. The van der Waals surface area contributed by atoms with Crippen LogP contribution in [-0.4, -0.2) is 0 Å². The molecule has 0 fully saturated rings. The Morgan fingerprint density at radius 2 is 1.89 bits per heavy atom. The van der Waals surface area contributed by atoms with Crippen LogP contribution in [0.3, 0.4) is 0 Å². The summed E-state index contributed by atoms with van der Waals surface area (Å²) in [6.07, 6.45) is 9.61. The van der Waals surface area contributed by atoms with E-state index in [1.807, 2.05) is 12.1 Å². The number of nitrogens with two attached hydrogens (primary N) is 1. The highest BCUT2D eigenvalue weighted by molar-refractivity contribution is 6.35. The minimum absolute atomic E-state index is 0.0112. The van der Waals surface area contributed by atoms with Crippen molar-refractivity contribution in [3.63, 3.8) is 0 Å². The number of hydrogen-bond donors (Lipinski definition) is 2. The van der Waals surface area contributed by atoms with Gasteiger partial charge in [0.2, 0.25) is 0 Å². The molecule has 0 aromatic heterocycles. The molecule has 1 aliphatic rings. The Kier molecular flexibility index (Phi) is 5.71. The molecule has 104 valence electrons. The van der Waals surface area contributed by atoms with E-state index >= 15 is 0 Å². The van der Waals surface area contributed by atoms with E-state index < -0.39 is 0 Å². The molecular formula is C15H20Cl2N2. The smallest absolute Gasteiger partial charge is 0.0684 e. The van der Waals surface area contributed by atoms with Crippen molar-refractivity contribution >= 4 is 23.2 Å². The van der Waals surface area contributed by atoms with Crippen molar-refractivity contribution in [1.82, 2.24) is 5.43 Å². The number of halogens is 2. The Balaban J connectivity index is 2.27. The minimum atomic E-state index is -0.0112. The largest absolute Gasteiger partial charge is 0.271 e. The van der Waals surface area contributed by atoms with Crippen molar-refractivity contribution in [3.8, 4) is 0 Å². The highest BCUT2D eigenvalue weighted by Crippen LogP contribution is 2.33. The van der Waals surface area contributed by atoms with Gasteiger partial charge >= 0.3 is 0 Å². The molecule has 0 heterocycles. The molecule has 1 atom stereocenters. The van der Waals surface area contributed by atoms with Crippen LogP contribution in [0.1, 0.15) is 50.1 Å². The third-order valence-electron chi connectivity index (χ3n) is 3.64. The average molecular weight is 299 g/mol. The Morgan fingerprint density at radius 1 is 1.11 bits per heavy atom. The molecule has 1 unspecified atom stereocenters. The molecular weight excluding hydrogens is 279 g/mol. The number of hydrazine groups is 1. The predicted molar refractivity (Wildman–Crippen MR) is 82.3 cm³/mol. The Morgan fingerprint density at radius 3 is 2.63 bits per heavy atom. The zero-order valence-electron chi connectivity index (χ0n) is 11.0. The minimum Gasteiger partial charge on any atom is -0.271 e. The fourth-order valence-corrected chi connectivity index (χ4v) is 3.13. The van der Waals surface area contributed by atoms with Gasteiger partial charge in [0.25, 0.3) is 0 Å². The molecule has 2 nitrogen and oxygen atoms in total. The van der Waals surface area contributed by atoms with Crippen LogP contribution in [0.25, 0.3) is 0 Å². The van der Waals surface area contributed by atoms with Gasteiger partial charge in [0.1, 0.15) is 0 Å². The van der Waals surface area contributed by atoms with E-state index in [9.17, 15) is 0 Å². The standard InChI is InChI=1S/C15H20Cl2N2/c16-12-8-9-13(14(17)10-12)15(19-18)11-6-4-2-1-3-5-7-11/h6,8-10,15,19H,1-5,7,18H2/b11-6+. The SMILES string of the molecule is NNC(/C1=C/CCCCCC1)c1ccc(Cl)cc1Cl. The first-order valence-electron chi connectivity index (χ1n) is 6.82. The first-order valence-corrected chi connectivity index (χ1v) is 7.58. The van der Waals surface area contributed by atoms with Crippen LogP contribution in [0.4, 0.5) is 0 Å². The first-order chi connectivity index (χ1) is 9.22. The summed E-state index contributed by atoms with van der Waals surface area (Å²) < 4.78 is 0. The number of hydrogen-bond acceptors (Lipinski definition) is 2. The van der Waals surface area contributed by atoms with Crippen LogP contribution < -0.4 is 11.3 Å². The molecule has 0 amide bonds. The molecule has 3 N–H and O–H groups in total. The van der Waals surface area contributed by atoms with Gasteiger partial charge in [-0.2, -0.15) is 0 Å². The van der Waals surface area contributed by atoms with Crippen molar-refractivity contribution in [3.05, 3.63) is 45.5 Å². The number of nitrogens with one attached hydrogen (secondary N) is 1. The second-order valence-corrected chi connectivity index (χ2v) is 5.84. The summed E-state index contributed by atoms with van der Waals surface area (Å²) >= 11 is 12.2. The van der Waals surface area contributed by atoms with Gasteiger partial charge in [0, 0.05) is 10.0 Å². The summed E-state index contributed by atoms with van der Waals surface area (Å²) in [6, 6.07) is 5.57. The molecule has 19 heavy (non-hydrogen) atoms. The van der Waals surface area contributed by atoms with E-state index in [0.29, 0.717) is 10.0 Å². The van der Waals surface area contributed by atoms with E-state index in [1.54, 1.807) is 6.07 Å². The number of rotatable bonds is 3. The van der Waals surface area contributed by atoms with Gasteiger partial charge in [-0.15, -0.1) is 0 Å². The van der Waals surface area contributed by atoms with Crippen LogP contribution in [-0.2, 0) is 0 Å². The monoisotopic (exact) mass is 298 g/mol. The van der Waals surface area contributed by atoms with Crippen LogP contribution in [0.2, 0.25) is 10.0 Å². The Bertz CT molecular complexity index is 457. The second-order valence-electron chi connectivity index (χ2n) is 5.00. The maximum Gasteiger partial charge on any atom is 0.0684 e. The van der Waals surface area contributed by atoms with E-state index in [0.717, 1.165) is 18.4 Å². The molecule has 0 saturated carbocycles. The summed E-state index contributed by atoms with van der Waals surface area (Å²) in [7, 11) is 0. The fourth-order valence-electron chi connectivity index (χ4n) is 2.61. The molecule has 0 saturated heterocycles. The molecule has 4 heteroatoms. The fraction of sp³-hybridized carbons (Fsp3) is 0.467. The Labute approximate surface area is 124 Å². The zero-order chi connectivity index (χ0) is 13.7. The van der Waals surface area contributed by atoms with Gasteiger partial charge in [-0.3, -0.25) is 5.84 Å². The molecule has 2 rings (SSSR count). The van der Waals surface area contributed by atoms with Crippen molar-refractivity contribution < 1.29 is 0 Å². The van der Waals surface area contributed by atoms with Crippen LogP contribution >= 0.6 is 23.2 Å². The highest BCUT2D eigenvalue weighted by Gasteiger charge is 2.18. The summed E-state index contributed by atoms with van der Waals surface area (Å²) in [5.41, 5.74) is 5.24. The van der Waals surface area contributed by atoms with E-state index in [1.165, 1.54) is 31.3 Å². The van der Waals surface area contributed by atoms with Gasteiger partial charge in [0.05, 0.1) is 6.04 Å². The van der Waals surface area contributed by atoms with Gasteiger partial charge in [-0.05, 0) is 43.4 Å². The number of benzene rings is 1. The van der Waals surface area contributed by atoms with Crippen molar-refractivity contribution in [2.75, 3.05) is 0 Å². The number of allylic oxidation sites excluding steroid dienone is 1. The maximum absolute atomic E-state index is 6.29. The lowest BCUT2D eigenvalue weighted by atomic mass is 9.91. The molecule has 0 spiro atoms. The third-order valence-corrected chi connectivity index (χ3v) is 4.20. The predicted octanol–water partition coefficient (Wildman–Crippen LogP) is 4.78. The lowest BCUT2D eigenvalue weighted by Crippen LogP contribution is -2.30. The van der Waals surface area contributed by atoms with Gasteiger partial charge in [-0.1, -0.05) is 53.8 Å². The highest BCUT2D eigenvalue weighted by atomic mass is 35.5. The van der Waals surface area contributed by atoms with E-state index in [2.05, 4.69) is 11.5 Å². The molecule has 0 radical (unpaired) electrons. The summed E-state index contributed by atoms with van der Waals surface area (Å²) in [4.78, 5) is 0. The summed E-state index contributed by atoms with van der Waals surface area (Å²) in [5.74, 6) is 5.75. The topological polar surface area (TPSA) is 38.0 Å². The van der Waals surface area contributed by atoms with Crippen LogP contribution in [0, 0.1) is 0 Å². The van der Waals surface area contributed by atoms with Crippen molar-refractivity contribution in [2.24, 2.45) is 5.84 Å². The molecule has 1 aromatic rings. The summed E-state index contributed by atoms with van der Waals surface area (Å²) in [5, 5.41) is 1.31. The third kappa shape index (κ3) is 3.96. The lowest BCUT2D eigenvalue weighted by molar-refractivity contribution is 0.555. The molecule has 1 aromatic carbocycles. The molecule has 0 aliphatic heterocycles. The van der Waals surface area contributed by atoms with Gasteiger partial charge in [-0.25, -0.2) is 5.43 Å². The summed E-state index contributed by atoms with van der Waals surface area (Å²) in [6.45, 7) is 0. The quantitative estimate of drug-likeness (QED) is 0.479. The zero-order valence-corrected chi connectivity index (χ0v) is 12.5. The van der Waals surface area contributed by atoms with Gasteiger partial charge in [0.15, 0.2) is 0 Å². The van der Waals surface area contributed by atoms with Crippen LogP contribution in [0.5, 0.6) is 0 Å². The van der Waals surface area contributed by atoms with Gasteiger partial charge < -0.3 is 0 Å². The van der Waals surface area contributed by atoms with E-state index in [-0.39, 0.29) is 6.04 Å². The Hall–Kier alpha value is -0.540.